The Morgan fingerprint density at radius 2 is 1.90 bits per heavy atom. The van der Waals surface area contributed by atoms with Crippen LogP contribution < -0.4 is 5.56 Å². The molecule has 0 amide bonds. The zero-order valence-electron chi connectivity index (χ0n) is 12.0. The van der Waals surface area contributed by atoms with E-state index in [1.54, 1.807) is 10.5 Å². The zero-order chi connectivity index (χ0) is 14.3. The summed E-state index contributed by atoms with van der Waals surface area (Å²) < 4.78 is 3.81. The van der Waals surface area contributed by atoms with Gasteiger partial charge < -0.3 is 9.47 Å². The first kappa shape index (κ1) is 12.9. The third-order valence-electron chi connectivity index (χ3n) is 3.45. The van der Waals surface area contributed by atoms with Gasteiger partial charge in [-0.25, -0.2) is 9.38 Å². The van der Waals surface area contributed by atoms with Crippen LogP contribution in [-0.4, -0.2) is 39.5 Å². The van der Waals surface area contributed by atoms with Crippen molar-refractivity contribution < 1.29 is 0 Å². The van der Waals surface area contributed by atoms with Gasteiger partial charge in [-0.1, -0.05) is 12.1 Å². The van der Waals surface area contributed by atoms with Crippen molar-refractivity contribution in [2.45, 2.75) is 13.5 Å². The highest BCUT2D eigenvalue weighted by atomic mass is 16.1. The maximum absolute atomic E-state index is 12.3. The number of hydrogen-bond acceptors (Lipinski definition) is 3. The normalized spacial score (nSPS) is 11.8. The van der Waals surface area contributed by atoms with Gasteiger partial charge in [0.1, 0.15) is 0 Å². The average molecular weight is 270 g/mol. The van der Waals surface area contributed by atoms with Gasteiger partial charge in [-0.15, -0.1) is 0 Å². The van der Waals surface area contributed by atoms with Crippen LogP contribution in [0.2, 0.25) is 0 Å². The Labute approximate surface area is 117 Å². The fraction of sp³-hybridized carbons (Fsp3) is 0.333. The minimum atomic E-state index is -0.0210. The lowest BCUT2D eigenvalue weighted by atomic mass is 10.3. The minimum Gasteiger partial charge on any atom is -0.308 e. The van der Waals surface area contributed by atoms with Crippen molar-refractivity contribution in [3.05, 3.63) is 46.4 Å². The quantitative estimate of drug-likeness (QED) is 0.724. The van der Waals surface area contributed by atoms with E-state index < -0.39 is 0 Å². The van der Waals surface area contributed by atoms with E-state index in [0.717, 1.165) is 35.6 Å². The summed E-state index contributed by atoms with van der Waals surface area (Å²) in [6.45, 7) is 3.56. The molecule has 0 atom stereocenters. The molecule has 0 aliphatic heterocycles. The van der Waals surface area contributed by atoms with Gasteiger partial charge in [0, 0.05) is 24.8 Å². The van der Waals surface area contributed by atoms with Crippen molar-refractivity contribution in [3.63, 3.8) is 0 Å². The second-order valence-electron chi connectivity index (χ2n) is 5.31. The number of likely N-dealkylation sites (N-methyl/N-ethyl adjacent to an activating group) is 1. The number of para-hydroxylation sites is 2. The number of nitrogens with zero attached hydrogens (tertiary/aromatic N) is 4. The number of fused-ring (bicyclic) bond motifs is 3. The molecule has 20 heavy (non-hydrogen) atoms. The second kappa shape index (κ2) is 4.76. The van der Waals surface area contributed by atoms with Crippen molar-refractivity contribution in [2.75, 3.05) is 20.6 Å². The highest BCUT2D eigenvalue weighted by molar-refractivity contribution is 5.80. The fourth-order valence-electron chi connectivity index (χ4n) is 2.50. The van der Waals surface area contributed by atoms with Crippen LogP contribution >= 0.6 is 0 Å². The first-order chi connectivity index (χ1) is 9.58. The summed E-state index contributed by atoms with van der Waals surface area (Å²) in [6.07, 6.45) is 0. The number of hydrogen-bond donors (Lipinski definition) is 0. The molecular weight excluding hydrogens is 252 g/mol. The lowest BCUT2D eigenvalue weighted by Crippen LogP contribution is -2.20. The number of benzene rings is 1. The van der Waals surface area contributed by atoms with Gasteiger partial charge in [-0.2, -0.15) is 0 Å². The van der Waals surface area contributed by atoms with E-state index in [2.05, 4.69) is 14.5 Å². The molecular formula is C15H18N4O. The molecule has 3 aromatic rings. The van der Waals surface area contributed by atoms with Crippen LogP contribution in [0.4, 0.5) is 0 Å². The molecule has 0 N–H and O–H groups in total. The predicted octanol–water partition coefficient (Wildman–Crippen LogP) is 1.52. The summed E-state index contributed by atoms with van der Waals surface area (Å²) >= 11 is 0. The molecule has 0 saturated heterocycles. The summed E-state index contributed by atoms with van der Waals surface area (Å²) in [5.74, 6) is 0.720. The molecule has 2 heterocycles. The average Bonchev–Trinajstić information content (AvgIpc) is 2.70. The number of rotatable bonds is 3. The Bertz CT molecular complexity index is 829. The maximum atomic E-state index is 12.3. The molecule has 0 radical (unpaired) electrons. The third kappa shape index (κ3) is 2.00. The SMILES string of the molecule is Cc1cc(=O)n2c3ccccc3n(CCN(C)C)c2n1. The summed E-state index contributed by atoms with van der Waals surface area (Å²) in [5.41, 5.74) is 2.69. The van der Waals surface area contributed by atoms with Crippen molar-refractivity contribution in [2.24, 2.45) is 0 Å². The van der Waals surface area contributed by atoms with E-state index in [1.807, 2.05) is 45.3 Å². The van der Waals surface area contributed by atoms with Crippen molar-refractivity contribution in [1.82, 2.24) is 18.9 Å². The molecule has 0 spiro atoms. The Balaban J connectivity index is 2.36. The van der Waals surface area contributed by atoms with Gasteiger partial charge in [0.25, 0.3) is 5.56 Å². The largest absolute Gasteiger partial charge is 0.308 e. The van der Waals surface area contributed by atoms with E-state index in [1.165, 1.54) is 0 Å². The van der Waals surface area contributed by atoms with Gasteiger partial charge in [-0.3, -0.25) is 4.79 Å². The molecule has 0 bridgehead atoms. The van der Waals surface area contributed by atoms with Gasteiger partial charge in [-0.05, 0) is 33.2 Å². The lowest BCUT2D eigenvalue weighted by Gasteiger charge is -2.11. The zero-order valence-corrected chi connectivity index (χ0v) is 12.0. The molecule has 0 fully saturated rings. The van der Waals surface area contributed by atoms with Gasteiger partial charge in [0.05, 0.1) is 11.0 Å². The van der Waals surface area contributed by atoms with E-state index in [4.69, 9.17) is 0 Å². The van der Waals surface area contributed by atoms with Crippen molar-refractivity contribution in [3.8, 4) is 0 Å². The second-order valence-corrected chi connectivity index (χ2v) is 5.31. The molecule has 0 unspecified atom stereocenters. The van der Waals surface area contributed by atoms with Crippen LogP contribution in [0, 0.1) is 6.92 Å². The van der Waals surface area contributed by atoms with Gasteiger partial charge >= 0.3 is 0 Å². The van der Waals surface area contributed by atoms with Crippen LogP contribution in [0.5, 0.6) is 0 Å². The molecule has 3 rings (SSSR count). The van der Waals surface area contributed by atoms with Crippen LogP contribution in [0.1, 0.15) is 5.69 Å². The number of aryl methyl sites for hydroxylation is 1. The fourth-order valence-corrected chi connectivity index (χ4v) is 2.50. The molecule has 0 aliphatic rings. The van der Waals surface area contributed by atoms with E-state index in [0.29, 0.717) is 0 Å². The van der Waals surface area contributed by atoms with Crippen LogP contribution in [-0.2, 0) is 6.54 Å². The summed E-state index contributed by atoms with van der Waals surface area (Å²) in [4.78, 5) is 18.9. The Morgan fingerprint density at radius 1 is 1.20 bits per heavy atom. The van der Waals surface area contributed by atoms with Gasteiger partial charge in [0.15, 0.2) is 0 Å². The monoisotopic (exact) mass is 270 g/mol. The first-order valence-corrected chi connectivity index (χ1v) is 6.70. The topological polar surface area (TPSA) is 42.5 Å². The molecule has 2 aromatic heterocycles. The Hall–Kier alpha value is -2.14. The van der Waals surface area contributed by atoms with Crippen LogP contribution in [0.25, 0.3) is 16.8 Å². The van der Waals surface area contributed by atoms with Crippen molar-refractivity contribution >= 4 is 16.8 Å². The Kier molecular flexibility index (Phi) is 3.06. The predicted molar refractivity (Wildman–Crippen MR) is 80.2 cm³/mol. The standard InChI is InChI=1S/C15H18N4O/c1-11-10-14(20)19-13-7-5-4-6-12(13)18(15(19)16-11)9-8-17(2)3/h4-7,10H,8-9H2,1-3H3. The van der Waals surface area contributed by atoms with E-state index in [-0.39, 0.29) is 5.56 Å². The molecule has 5 nitrogen and oxygen atoms in total. The lowest BCUT2D eigenvalue weighted by molar-refractivity contribution is 0.388. The van der Waals surface area contributed by atoms with E-state index >= 15 is 0 Å². The highest BCUT2D eigenvalue weighted by Crippen LogP contribution is 2.18. The number of imidazole rings is 1. The molecule has 0 aliphatic carbocycles. The molecule has 5 heteroatoms. The number of aromatic nitrogens is 3. The molecule has 0 saturated carbocycles. The summed E-state index contributed by atoms with van der Waals surface area (Å²) in [5, 5.41) is 0. The Morgan fingerprint density at radius 3 is 2.60 bits per heavy atom. The summed E-state index contributed by atoms with van der Waals surface area (Å²) in [7, 11) is 4.08. The summed E-state index contributed by atoms with van der Waals surface area (Å²) in [6, 6.07) is 9.52. The van der Waals surface area contributed by atoms with Crippen LogP contribution in [0.3, 0.4) is 0 Å². The molecule has 1 aromatic carbocycles. The third-order valence-corrected chi connectivity index (χ3v) is 3.45. The first-order valence-electron chi connectivity index (χ1n) is 6.70. The van der Waals surface area contributed by atoms with E-state index in [9.17, 15) is 4.79 Å². The molecule has 104 valence electrons. The van der Waals surface area contributed by atoms with Crippen molar-refractivity contribution in [1.29, 1.82) is 0 Å². The minimum absolute atomic E-state index is 0.0210. The van der Waals surface area contributed by atoms with Crippen LogP contribution in [0.15, 0.2) is 35.1 Å². The maximum Gasteiger partial charge on any atom is 0.259 e. The highest BCUT2D eigenvalue weighted by Gasteiger charge is 2.13. The smallest absolute Gasteiger partial charge is 0.259 e. The van der Waals surface area contributed by atoms with Gasteiger partial charge in [0.2, 0.25) is 5.78 Å².